The summed E-state index contributed by atoms with van der Waals surface area (Å²) in [4.78, 5) is 12.6. The zero-order chi connectivity index (χ0) is 13.7. The molecule has 0 aliphatic rings. The van der Waals surface area contributed by atoms with Crippen LogP contribution in [0.5, 0.6) is 0 Å². The number of nitrogens with zero attached hydrogens (tertiary/aromatic N) is 2. The molecule has 2 aromatic rings. The van der Waals surface area contributed by atoms with Crippen LogP contribution in [0.2, 0.25) is 0 Å². The molecule has 2 aromatic heterocycles. The van der Waals surface area contributed by atoms with E-state index in [9.17, 15) is 4.79 Å². The van der Waals surface area contributed by atoms with E-state index in [4.69, 9.17) is 4.42 Å². The molecule has 102 valence electrons. The van der Waals surface area contributed by atoms with Gasteiger partial charge in [-0.1, -0.05) is 13.0 Å². The van der Waals surface area contributed by atoms with E-state index >= 15 is 0 Å². The second-order valence-electron chi connectivity index (χ2n) is 4.36. The van der Waals surface area contributed by atoms with Gasteiger partial charge in [0.1, 0.15) is 0 Å². The molecule has 0 saturated heterocycles. The van der Waals surface area contributed by atoms with Gasteiger partial charge in [-0.2, -0.15) is 0 Å². The lowest BCUT2D eigenvalue weighted by Crippen LogP contribution is -2.32. The Morgan fingerprint density at radius 2 is 2.37 bits per heavy atom. The van der Waals surface area contributed by atoms with Gasteiger partial charge in [-0.05, 0) is 24.8 Å². The molecule has 1 N–H and O–H groups in total. The van der Waals surface area contributed by atoms with Gasteiger partial charge in [0.25, 0.3) is 5.89 Å². The first kappa shape index (κ1) is 13.7. The summed E-state index contributed by atoms with van der Waals surface area (Å²) in [6.07, 6.45) is 1.77. The number of carbonyl (C=O) groups is 1. The number of nitrogens with one attached hydrogen (secondary N) is 1. The zero-order valence-corrected chi connectivity index (χ0v) is 11.9. The molecule has 0 fully saturated rings. The predicted molar refractivity (Wildman–Crippen MR) is 73.8 cm³/mol. The zero-order valence-electron chi connectivity index (χ0n) is 11.0. The smallest absolute Gasteiger partial charge is 0.257 e. The Morgan fingerprint density at radius 1 is 1.53 bits per heavy atom. The van der Waals surface area contributed by atoms with Crippen molar-refractivity contribution in [2.24, 2.45) is 0 Å². The van der Waals surface area contributed by atoms with Crippen LogP contribution in [0, 0.1) is 0 Å². The molecule has 0 saturated carbocycles. The Kier molecular flexibility index (Phi) is 4.68. The Balaban J connectivity index is 1.85. The van der Waals surface area contributed by atoms with Crippen molar-refractivity contribution in [2.45, 2.75) is 39.2 Å². The molecular weight excluding hydrogens is 262 g/mol. The summed E-state index contributed by atoms with van der Waals surface area (Å²) in [7, 11) is 0. The maximum atomic E-state index is 11.6. The van der Waals surface area contributed by atoms with Gasteiger partial charge in [-0.15, -0.1) is 21.5 Å². The van der Waals surface area contributed by atoms with Crippen LogP contribution in [0.1, 0.15) is 32.6 Å². The number of hydrogen-bond acceptors (Lipinski definition) is 5. The van der Waals surface area contributed by atoms with E-state index in [0.717, 1.165) is 11.3 Å². The highest BCUT2D eigenvalue weighted by molar-refractivity contribution is 7.13. The van der Waals surface area contributed by atoms with Gasteiger partial charge in [0.15, 0.2) is 0 Å². The summed E-state index contributed by atoms with van der Waals surface area (Å²) in [5.74, 6) is 1.04. The van der Waals surface area contributed by atoms with Crippen LogP contribution in [0.3, 0.4) is 0 Å². The molecule has 19 heavy (non-hydrogen) atoms. The van der Waals surface area contributed by atoms with Crippen molar-refractivity contribution in [2.75, 3.05) is 0 Å². The highest BCUT2D eigenvalue weighted by atomic mass is 32.1. The van der Waals surface area contributed by atoms with Crippen molar-refractivity contribution in [3.63, 3.8) is 0 Å². The van der Waals surface area contributed by atoms with Crippen LogP contribution in [0.25, 0.3) is 10.8 Å². The molecule has 0 aromatic carbocycles. The lowest BCUT2D eigenvalue weighted by atomic mass is 10.2. The Labute approximate surface area is 116 Å². The van der Waals surface area contributed by atoms with E-state index in [1.54, 1.807) is 11.3 Å². The summed E-state index contributed by atoms with van der Waals surface area (Å²) >= 11 is 1.55. The second-order valence-corrected chi connectivity index (χ2v) is 5.30. The number of carbonyl (C=O) groups excluding carboxylic acids is 1. The summed E-state index contributed by atoms with van der Waals surface area (Å²) in [5, 5.41) is 12.8. The van der Waals surface area contributed by atoms with Crippen molar-refractivity contribution in [1.29, 1.82) is 0 Å². The van der Waals surface area contributed by atoms with E-state index < -0.39 is 0 Å². The standard InChI is InChI=1S/C13H17N3O2S/c1-3-9(2)14-11(17)6-7-12-15-16-13(18-12)10-5-4-8-19-10/h4-5,8-9H,3,6-7H2,1-2H3,(H,14,17). The molecule has 1 atom stereocenters. The number of rotatable bonds is 6. The van der Waals surface area contributed by atoms with Gasteiger partial charge in [-0.3, -0.25) is 4.79 Å². The molecule has 1 unspecified atom stereocenters. The minimum atomic E-state index is 0.0187. The fourth-order valence-electron chi connectivity index (χ4n) is 1.52. The largest absolute Gasteiger partial charge is 0.420 e. The summed E-state index contributed by atoms with van der Waals surface area (Å²) < 4.78 is 5.52. The van der Waals surface area contributed by atoms with E-state index in [1.807, 2.05) is 31.4 Å². The highest BCUT2D eigenvalue weighted by Gasteiger charge is 2.11. The second kappa shape index (κ2) is 6.47. The van der Waals surface area contributed by atoms with Gasteiger partial charge in [0.2, 0.25) is 11.8 Å². The van der Waals surface area contributed by atoms with Crippen LogP contribution in [-0.2, 0) is 11.2 Å². The fourth-order valence-corrected chi connectivity index (χ4v) is 2.17. The van der Waals surface area contributed by atoms with Crippen LogP contribution in [-0.4, -0.2) is 22.1 Å². The molecule has 0 spiro atoms. The van der Waals surface area contributed by atoms with Gasteiger partial charge < -0.3 is 9.73 Å². The van der Waals surface area contributed by atoms with Crippen LogP contribution in [0.15, 0.2) is 21.9 Å². The lowest BCUT2D eigenvalue weighted by Gasteiger charge is -2.10. The average molecular weight is 279 g/mol. The van der Waals surface area contributed by atoms with Crippen LogP contribution < -0.4 is 5.32 Å². The highest BCUT2D eigenvalue weighted by Crippen LogP contribution is 2.23. The average Bonchev–Trinajstić information content (AvgIpc) is 3.06. The molecule has 0 aliphatic heterocycles. The van der Waals surface area contributed by atoms with Crippen molar-refractivity contribution in [1.82, 2.24) is 15.5 Å². The molecule has 5 nitrogen and oxygen atoms in total. The van der Waals surface area contributed by atoms with Crippen molar-refractivity contribution in [3.05, 3.63) is 23.4 Å². The first-order chi connectivity index (χ1) is 9.19. The lowest BCUT2D eigenvalue weighted by molar-refractivity contribution is -0.121. The third-order valence-corrected chi connectivity index (χ3v) is 3.64. The molecule has 0 radical (unpaired) electrons. The van der Waals surface area contributed by atoms with Crippen molar-refractivity contribution < 1.29 is 9.21 Å². The van der Waals surface area contributed by atoms with E-state index in [2.05, 4.69) is 15.5 Å². The molecule has 6 heteroatoms. The molecule has 2 rings (SSSR count). The molecule has 2 heterocycles. The minimum Gasteiger partial charge on any atom is -0.420 e. The van der Waals surface area contributed by atoms with Gasteiger partial charge in [-0.25, -0.2) is 0 Å². The van der Waals surface area contributed by atoms with E-state index in [1.165, 1.54) is 0 Å². The summed E-state index contributed by atoms with van der Waals surface area (Å²) in [5.41, 5.74) is 0. The first-order valence-corrected chi connectivity index (χ1v) is 7.22. The maximum absolute atomic E-state index is 11.6. The Hall–Kier alpha value is -1.69. The SMILES string of the molecule is CCC(C)NC(=O)CCc1nnc(-c2cccs2)o1. The number of aromatic nitrogens is 2. The normalized spacial score (nSPS) is 12.3. The number of aryl methyl sites for hydroxylation is 1. The number of hydrogen-bond donors (Lipinski definition) is 1. The molecular formula is C13H17N3O2S. The quantitative estimate of drug-likeness (QED) is 0.882. The molecule has 1 amide bonds. The van der Waals surface area contributed by atoms with Gasteiger partial charge in [0.05, 0.1) is 4.88 Å². The van der Waals surface area contributed by atoms with Gasteiger partial charge >= 0.3 is 0 Å². The minimum absolute atomic E-state index is 0.0187. The fraction of sp³-hybridized carbons (Fsp3) is 0.462. The monoisotopic (exact) mass is 279 g/mol. The van der Waals surface area contributed by atoms with Crippen molar-refractivity contribution >= 4 is 17.2 Å². The molecule has 0 aliphatic carbocycles. The third-order valence-electron chi connectivity index (χ3n) is 2.78. The summed E-state index contributed by atoms with van der Waals surface area (Å²) in [6, 6.07) is 4.07. The Morgan fingerprint density at radius 3 is 3.05 bits per heavy atom. The third kappa shape index (κ3) is 3.89. The van der Waals surface area contributed by atoms with Gasteiger partial charge in [0, 0.05) is 18.9 Å². The topological polar surface area (TPSA) is 68.0 Å². The Bertz CT molecular complexity index is 522. The number of amides is 1. The van der Waals surface area contributed by atoms with E-state index in [-0.39, 0.29) is 11.9 Å². The van der Waals surface area contributed by atoms with Crippen LogP contribution in [0.4, 0.5) is 0 Å². The molecule has 0 bridgehead atoms. The predicted octanol–water partition coefficient (Wildman–Crippen LogP) is 2.65. The van der Waals surface area contributed by atoms with E-state index in [0.29, 0.717) is 24.6 Å². The van der Waals surface area contributed by atoms with Crippen molar-refractivity contribution in [3.8, 4) is 10.8 Å². The van der Waals surface area contributed by atoms with Crippen LogP contribution >= 0.6 is 11.3 Å². The summed E-state index contributed by atoms with van der Waals surface area (Å²) in [6.45, 7) is 4.02. The number of thiophene rings is 1. The first-order valence-electron chi connectivity index (χ1n) is 6.34. The maximum Gasteiger partial charge on any atom is 0.257 e.